The van der Waals surface area contributed by atoms with Gasteiger partial charge in [0, 0.05) is 12.6 Å². The second kappa shape index (κ2) is 6.71. The molecule has 0 aromatic carbocycles. The molecular formula is C12H26N2O2S. The lowest BCUT2D eigenvalue weighted by Crippen LogP contribution is -2.49. The van der Waals surface area contributed by atoms with Gasteiger partial charge in [0.25, 0.3) is 0 Å². The van der Waals surface area contributed by atoms with Crippen LogP contribution in [0, 0.1) is 11.8 Å². The van der Waals surface area contributed by atoms with Crippen LogP contribution in [-0.4, -0.2) is 33.3 Å². The molecule has 0 saturated carbocycles. The molecule has 0 radical (unpaired) electrons. The number of hydrogen-bond acceptors (Lipinski definition) is 3. The fraction of sp³-hybridized carbons (Fsp3) is 1.00. The van der Waals surface area contributed by atoms with Crippen molar-refractivity contribution in [1.82, 2.24) is 10.0 Å². The molecule has 102 valence electrons. The molecule has 2 unspecified atom stereocenters. The Labute approximate surface area is 106 Å². The quantitative estimate of drug-likeness (QED) is 0.759. The summed E-state index contributed by atoms with van der Waals surface area (Å²) in [5.74, 6) is 0.996. The van der Waals surface area contributed by atoms with Gasteiger partial charge in [-0.05, 0) is 31.2 Å². The number of piperidine rings is 1. The van der Waals surface area contributed by atoms with Crippen LogP contribution in [0.1, 0.15) is 40.0 Å². The summed E-state index contributed by atoms with van der Waals surface area (Å²) in [5.41, 5.74) is 0. The molecule has 0 bridgehead atoms. The summed E-state index contributed by atoms with van der Waals surface area (Å²) in [6.07, 6.45) is 3.53. The molecule has 1 fully saturated rings. The third-order valence-electron chi connectivity index (χ3n) is 3.33. The summed E-state index contributed by atoms with van der Waals surface area (Å²) in [7, 11) is -3.10. The van der Waals surface area contributed by atoms with Crippen LogP contribution in [0.5, 0.6) is 0 Å². The van der Waals surface area contributed by atoms with Gasteiger partial charge < -0.3 is 5.32 Å². The highest BCUT2D eigenvalue weighted by atomic mass is 32.2. The second-order valence-electron chi connectivity index (χ2n) is 5.39. The maximum absolute atomic E-state index is 11.7. The Morgan fingerprint density at radius 1 is 1.41 bits per heavy atom. The predicted octanol–water partition coefficient (Wildman–Crippen LogP) is 1.34. The molecular weight excluding hydrogens is 236 g/mol. The first-order chi connectivity index (χ1) is 7.94. The lowest BCUT2D eigenvalue weighted by molar-refractivity contribution is 0.273. The maximum Gasteiger partial charge on any atom is 0.211 e. The Balaban J connectivity index is 2.43. The van der Waals surface area contributed by atoms with E-state index in [0.717, 1.165) is 13.0 Å². The van der Waals surface area contributed by atoms with Crippen molar-refractivity contribution in [2.45, 2.75) is 46.1 Å². The van der Waals surface area contributed by atoms with Crippen molar-refractivity contribution in [2.75, 3.05) is 18.8 Å². The first-order valence-corrected chi connectivity index (χ1v) is 8.30. The van der Waals surface area contributed by atoms with Crippen molar-refractivity contribution in [3.8, 4) is 0 Å². The molecule has 5 heteroatoms. The Kier molecular flexibility index (Phi) is 5.89. The highest BCUT2D eigenvalue weighted by molar-refractivity contribution is 7.89. The van der Waals surface area contributed by atoms with Crippen LogP contribution in [0.2, 0.25) is 0 Å². The van der Waals surface area contributed by atoms with Gasteiger partial charge in [0.1, 0.15) is 0 Å². The molecule has 0 aromatic heterocycles. The van der Waals surface area contributed by atoms with Crippen LogP contribution >= 0.6 is 0 Å². The number of hydrogen-bond donors (Lipinski definition) is 2. The van der Waals surface area contributed by atoms with Gasteiger partial charge in [-0.2, -0.15) is 0 Å². The van der Waals surface area contributed by atoms with E-state index in [4.69, 9.17) is 0 Å². The average Bonchev–Trinajstić information content (AvgIpc) is 2.25. The molecule has 1 rings (SSSR count). The van der Waals surface area contributed by atoms with Gasteiger partial charge in [-0.15, -0.1) is 0 Å². The van der Waals surface area contributed by atoms with E-state index >= 15 is 0 Å². The SMILES string of the molecule is CCC1CCCNC1CNS(=O)(=O)CC(C)C. The highest BCUT2D eigenvalue weighted by Gasteiger charge is 2.24. The summed E-state index contributed by atoms with van der Waals surface area (Å²) < 4.78 is 26.2. The highest BCUT2D eigenvalue weighted by Crippen LogP contribution is 2.19. The smallest absolute Gasteiger partial charge is 0.211 e. The normalized spacial score (nSPS) is 26.4. The number of nitrogens with one attached hydrogen (secondary N) is 2. The van der Waals surface area contributed by atoms with Gasteiger partial charge in [-0.3, -0.25) is 0 Å². The first-order valence-electron chi connectivity index (χ1n) is 6.65. The van der Waals surface area contributed by atoms with Crippen LogP contribution < -0.4 is 10.0 Å². The lowest BCUT2D eigenvalue weighted by Gasteiger charge is -2.32. The van der Waals surface area contributed by atoms with Crippen molar-refractivity contribution in [1.29, 1.82) is 0 Å². The molecule has 0 amide bonds. The summed E-state index contributed by atoms with van der Waals surface area (Å²) in [5, 5.41) is 3.42. The molecule has 0 spiro atoms. The first kappa shape index (κ1) is 14.9. The van der Waals surface area contributed by atoms with Crippen molar-refractivity contribution in [3.05, 3.63) is 0 Å². The van der Waals surface area contributed by atoms with Gasteiger partial charge in [0.05, 0.1) is 5.75 Å². The van der Waals surface area contributed by atoms with Crippen LogP contribution in [0.4, 0.5) is 0 Å². The van der Waals surface area contributed by atoms with Gasteiger partial charge in [0.2, 0.25) is 10.0 Å². The minimum Gasteiger partial charge on any atom is -0.312 e. The Bertz CT molecular complexity index is 314. The zero-order chi connectivity index (χ0) is 12.9. The van der Waals surface area contributed by atoms with E-state index in [-0.39, 0.29) is 11.7 Å². The van der Waals surface area contributed by atoms with E-state index < -0.39 is 10.0 Å². The average molecular weight is 262 g/mol. The minimum atomic E-state index is -3.10. The van der Waals surface area contributed by atoms with Crippen LogP contribution in [-0.2, 0) is 10.0 Å². The topological polar surface area (TPSA) is 58.2 Å². The van der Waals surface area contributed by atoms with Crippen LogP contribution in [0.15, 0.2) is 0 Å². The number of sulfonamides is 1. The number of rotatable bonds is 6. The molecule has 1 aliphatic rings. The van der Waals surface area contributed by atoms with Crippen LogP contribution in [0.3, 0.4) is 0 Å². The van der Waals surface area contributed by atoms with Gasteiger partial charge in [-0.1, -0.05) is 27.2 Å². The van der Waals surface area contributed by atoms with Crippen molar-refractivity contribution in [2.24, 2.45) is 11.8 Å². The largest absolute Gasteiger partial charge is 0.312 e. The van der Waals surface area contributed by atoms with Gasteiger partial charge in [0.15, 0.2) is 0 Å². The molecule has 2 N–H and O–H groups in total. The van der Waals surface area contributed by atoms with E-state index in [1.807, 2.05) is 13.8 Å². The zero-order valence-corrected chi connectivity index (χ0v) is 12.0. The summed E-state index contributed by atoms with van der Waals surface area (Å²) in [6, 6.07) is 0.302. The summed E-state index contributed by atoms with van der Waals surface area (Å²) >= 11 is 0. The van der Waals surface area contributed by atoms with Gasteiger partial charge >= 0.3 is 0 Å². The fourth-order valence-electron chi connectivity index (χ4n) is 2.46. The Hall–Kier alpha value is -0.130. The van der Waals surface area contributed by atoms with E-state index in [1.165, 1.54) is 12.8 Å². The third-order valence-corrected chi connectivity index (χ3v) is 5.04. The van der Waals surface area contributed by atoms with E-state index in [2.05, 4.69) is 17.0 Å². The van der Waals surface area contributed by atoms with Gasteiger partial charge in [-0.25, -0.2) is 13.1 Å². The molecule has 1 aliphatic heterocycles. The molecule has 2 atom stereocenters. The second-order valence-corrected chi connectivity index (χ2v) is 7.25. The third kappa shape index (κ3) is 5.36. The monoisotopic (exact) mass is 262 g/mol. The fourth-order valence-corrected chi connectivity index (χ4v) is 3.89. The van der Waals surface area contributed by atoms with E-state index in [1.54, 1.807) is 0 Å². The Morgan fingerprint density at radius 2 is 2.12 bits per heavy atom. The van der Waals surface area contributed by atoms with Crippen molar-refractivity contribution >= 4 is 10.0 Å². The van der Waals surface area contributed by atoms with Crippen LogP contribution in [0.25, 0.3) is 0 Å². The zero-order valence-electron chi connectivity index (χ0n) is 11.2. The van der Waals surface area contributed by atoms with Crippen molar-refractivity contribution < 1.29 is 8.42 Å². The predicted molar refractivity (Wildman–Crippen MR) is 71.4 cm³/mol. The Morgan fingerprint density at radius 3 is 2.71 bits per heavy atom. The molecule has 1 saturated heterocycles. The standard InChI is InChI=1S/C12H26N2O2S/c1-4-11-6-5-7-13-12(11)8-14-17(15,16)9-10(2)3/h10-14H,4-9H2,1-3H3. The van der Waals surface area contributed by atoms with E-state index in [9.17, 15) is 8.42 Å². The molecule has 17 heavy (non-hydrogen) atoms. The summed E-state index contributed by atoms with van der Waals surface area (Å²) in [6.45, 7) is 7.56. The lowest BCUT2D eigenvalue weighted by atomic mass is 9.89. The molecule has 4 nitrogen and oxygen atoms in total. The maximum atomic E-state index is 11.7. The summed E-state index contributed by atoms with van der Waals surface area (Å²) in [4.78, 5) is 0. The molecule has 0 aromatic rings. The minimum absolute atomic E-state index is 0.175. The molecule has 1 heterocycles. The molecule has 0 aliphatic carbocycles. The van der Waals surface area contributed by atoms with Crippen molar-refractivity contribution in [3.63, 3.8) is 0 Å². The van der Waals surface area contributed by atoms with E-state index in [0.29, 0.717) is 18.5 Å².